The van der Waals surface area contributed by atoms with Crippen LogP contribution >= 0.6 is 11.8 Å². The fourth-order valence-electron chi connectivity index (χ4n) is 9.76. The average Bonchev–Trinajstić information content (AvgIpc) is 3.94. The Morgan fingerprint density at radius 3 is 2.56 bits per heavy atom. The van der Waals surface area contributed by atoms with Gasteiger partial charge in [-0.25, -0.2) is 15.0 Å². The van der Waals surface area contributed by atoms with Crippen molar-refractivity contribution in [1.82, 2.24) is 24.1 Å². The summed E-state index contributed by atoms with van der Waals surface area (Å²) in [5.41, 5.74) is 12.0. The van der Waals surface area contributed by atoms with Gasteiger partial charge in [-0.1, -0.05) is 85.0 Å². The van der Waals surface area contributed by atoms with E-state index in [2.05, 4.69) is 112 Å². The number of aryl methyl sites for hydroxylation is 1. The minimum Gasteiger partial charge on any atom is -0.377 e. The highest BCUT2D eigenvalue weighted by Crippen LogP contribution is 2.62. The molecule has 3 aliphatic heterocycles. The van der Waals surface area contributed by atoms with Crippen LogP contribution in [0.3, 0.4) is 0 Å². The van der Waals surface area contributed by atoms with Gasteiger partial charge in [-0.05, 0) is 49.1 Å². The van der Waals surface area contributed by atoms with E-state index in [0.29, 0.717) is 6.61 Å². The molecule has 0 N–H and O–H groups in total. The maximum atomic E-state index is 6.45. The summed E-state index contributed by atoms with van der Waals surface area (Å²) in [5.74, 6) is 2.63. The Bertz CT molecular complexity index is 2570. The van der Waals surface area contributed by atoms with Crippen LogP contribution in [0.25, 0.3) is 50.9 Å². The van der Waals surface area contributed by atoms with E-state index < -0.39 is 0 Å². The molecule has 50 heavy (non-hydrogen) atoms. The lowest BCUT2D eigenvalue weighted by molar-refractivity contribution is 0.181. The largest absolute Gasteiger partial charge is 0.377 e. The molecule has 0 radical (unpaired) electrons. The first-order valence-electron chi connectivity index (χ1n) is 17.9. The highest BCUT2D eigenvalue weighted by atomic mass is 32.2. The molecule has 6 aromatic rings. The van der Waals surface area contributed by atoms with Crippen molar-refractivity contribution < 1.29 is 4.74 Å². The molecule has 1 saturated heterocycles. The lowest BCUT2D eigenvalue weighted by Gasteiger charge is -2.35. The van der Waals surface area contributed by atoms with Gasteiger partial charge in [0.05, 0.1) is 36.1 Å². The van der Waals surface area contributed by atoms with Crippen LogP contribution in [0.1, 0.15) is 76.5 Å². The van der Waals surface area contributed by atoms with Crippen molar-refractivity contribution in [3.05, 3.63) is 137 Å². The Kier molecular flexibility index (Phi) is 5.72. The maximum absolute atomic E-state index is 6.45. The first-order chi connectivity index (χ1) is 24.8. The first kappa shape index (κ1) is 27.8. The summed E-state index contributed by atoms with van der Waals surface area (Å²) in [5, 5.41) is 2.84. The minimum atomic E-state index is 0.113. The number of hydrogen-bond acceptors (Lipinski definition) is 5. The molecule has 6 aliphatic rings. The summed E-state index contributed by atoms with van der Waals surface area (Å²) >= 11 is 2.00. The van der Waals surface area contributed by atoms with Gasteiger partial charge in [0.2, 0.25) is 0 Å². The van der Waals surface area contributed by atoms with Crippen LogP contribution in [0, 0.1) is 0 Å². The first-order valence-corrected chi connectivity index (χ1v) is 18.8. The fourth-order valence-corrected chi connectivity index (χ4v) is 11.2. The van der Waals surface area contributed by atoms with Crippen molar-refractivity contribution in [2.45, 2.75) is 53.3 Å². The Balaban J connectivity index is 1.17. The molecule has 5 unspecified atom stereocenters. The third-order valence-corrected chi connectivity index (χ3v) is 13.2. The van der Waals surface area contributed by atoms with Gasteiger partial charge in [0, 0.05) is 66.7 Å². The SMILES string of the molecule is C1=CCC(c2nc(C3=Cc4c5n(c6ccccc46)C4COCC4n4c6c(c7ccc8c(c74)C5C3S8)CCC=C6)nc(-c3ccccc3)n2)C=C1. The van der Waals surface area contributed by atoms with E-state index in [1.54, 1.807) is 0 Å². The summed E-state index contributed by atoms with van der Waals surface area (Å²) < 4.78 is 11.8. The molecule has 3 aliphatic carbocycles. The molecule has 5 atom stereocenters. The number of fused-ring (bicyclic) bond motifs is 9. The number of rotatable bonds is 3. The standard InChI is InChI=1S/C43H33N5OS/c1-3-11-24(12-4-1)41-44-42(25-13-5-2-6-14-25)46-43(45-41)30-21-29-27-16-8-10-18-32(27)48-34-23-49-22-33(34)47-31-17-9-7-15-26(31)28-19-20-35-36(38(28)47)37(39(29)48)40(30)50-35/h1-6,8-13,16-21,25,33-34,37,40H,7,14-15,22-23H2. The molecule has 6 nitrogen and oxygen atoms in total. The number of ether oxygens (including phenoxy) is 1. The normalized spacial score (nSPS) is 25.1. The van der Waals surface area contributed by atoms with Gasteiger partial charge >= 0.3 is 0 Å². The second kappa shape index (κ2) is 10.3. The summed E-state index contributed by atoms with van der Waals surface area (Å²) in [6, 6.07) is 24.7. The van der Waals surface area contributed by atoms with Crippen LogP contribution in [-0.4, -0.2) is 42.5 Å². The second-order valence-electron chi connectivity index (χ2n) is 14.4. The molecule has 0 amide bonds. The molecule has 7 heteroatoms. The lowest BCUT2D eigenvalue weighted by atomic mass is 9.80. The number of allylic oxidation sites excluding steroid dienone is 5. The molecule has 3 aromatic carbocycles. The predicted octanol–water partition coefficient (Wildman–Crippen LogP) is 9.29. The zero-order valence-corrected chi connectivity index (χ0v) is 28.2. The molecule has 6 heterocycles. The molecule has 1 fully saturated rings. The van der Waals surface area contributed by atoms with Crippen molar-refractivity contribution in [2.24, 2.45) is 0 Å². The summed E-state index contributed by atoms with van der Waals surface area (Å²) in [7, 11) is 0. The molecular weight excluding hydrogens is 635 g/mol. The Morgan fingerprint density at radius 2 is 1.66 bits per heavy atom. The van der Waals surface area contributed by atoms with Crippen LogP contribution in [0.2, 0.25) is 0 Å². The fraction of sp³-hybridized carbons (Fsp3) is 0.233. The summed E-state index contributed by atoms with van der Waals surface area (Å²) in [4.78, 5) is 17.2. The zero-order chi connectivity index (χ0) is 32.5. The van der Waals surface area contributed by atoms with E-state index in [1.807, 2.05) is 17.8 Å². The molecule has 0 bridgehead atoms. The number of para-hydroxylation sites is 1. The quantitative estimate of drug-likeness (QED) is 0.188. The van der Waals surface area contributed by atoms with Gasteiger partial charge < -0.3 is 13.9 Å². The van der Waals surface area contributed by atoms with Gasteiger partial charge in [0.25, 0.3) is 0 Å². The van der Waals surface area contributed by atoms with E-state index in [1.165, 1.54) is 60.4 Å². The monoisotopic (exact) mass is 667 g/mol. The van der Waals surface area contributed by atoms with Crippen molar-refractivity contribution in [3.8, 4) is 11.4 Å². The minimum absolute atomic E-state index is 0.113. The number of hydrogen-bond donors (Lipinski definition) is 0. The zero-order valence-electron chi connectivity index (χ0n) is 27.4. The highest BCUT2D eigenvalue weighted by molar-refractivity contribution is 8.00. The number of benzene rings is 3. The van der Waals surface area contributed by atoms with Gasteiger partial charge in [0.1, 0.15) is 5.82 Å². The van der Waals surface area contributed by atoms with Crippen LogP contribution in [0.5, 0.6) is 0 Å². The van der Waals surface area contributed by atoms with Gasteiger partial charge in [0.15, 0.2) is 11.6 Å². The van der Waals surface area contributed by atoms with Crippen molar-refractivity contribution in [2.75, 3.05) is 13.2 Å². The third-order valence-electron chi connectivity index (χ3n) is 11.8. The topological polar surface area (TPSA) is 57.8 Å². The van der Waals surface area contributed by atoms with Crippen LogP contribution < -0.4 is 0 Å². The predicted molar refractivity (Wildman–Crippen MR) is 200 cm³/mol. The second-order valence-corrected chi connectivity index (χ2v) is 15.6. The highest BCUT2D eigenvalue weighted by Gasteiger charge is 2.50. The maximum Gasteiger partial charge on any atom is 0.163 e. The molecular formula is C43H33N5OS. The number of nitrogens with zero attached hydrogens (tertiary/aromatic N) is 5. The number of thioether (sulfide) groups is 1. The van der Waals surface area contributed by atoms with Gasteiger partial charge in [-0.15, -0.1) is 11.8 Å². The molecule has 3 aromatic heterocycles. The lowest BCUT2D eigenvalue weighted by Crippen LogP contribution is -2.30. The van der Waals surface area contributed by atoms with Crippen LogP contribution in [0.4, 0.5) is 0 Å². The third kappa shape index (κ3) is 3.66. The van der Waals surface area contributed by atoms with E-state index >= 15 is 0 Å². The Labute approximate surface area is 293 Å². The summed E-state index contributed by atoms with van der Waals surface area (Å²) in [6.45, 7) is 1.44. The Hall–Kier alpha value is -4.98. The Morgan fingerprint density at radius 1 is 0.800 bits per heavy atom. The van der Waals surface area contributed by atoms with Crippen LogP contribution in [0.15, 0.2) is 102 Å². The average molecular weight is 668 g/mol. The number of aromatic nitrogens is 5. The summed E-state index contributed by atoms with van der Waals surface area (Å²) in [6.07, 6.45) is 18.9. The van der Waals surface area contributed by atoms with Crippen LogP contribution in [-0.2, 0) is 11.2 Å². The van der Waals surface area contributed by atoms with E-state index in [0.717, 1.165) is 48.9 Å². The molecule has 0 saturated carbocycles. The van der Waals surface area contributed by atoms with Gasteiger partial charge in [-0.3, -0.25) is 0 Å². The van der Waals surface area contributed by atoms with Crippen molar-refractivity contribution in [1.29, 1.82) is 0 Å². The molecule has 242 valence electrons. The van der Waals surface area contributed by atoms with Crippen molar-refractivity contribution in [3.63, 3.8) is 0 Å². The van der Waals surface area contributed by atoms with E-state index in [9.17, 15) is 0 Å². The molecule has 12 rings (SSSR count). The van der Waals surface area contributed by atoms with E-state index in [4.69, 9.17) is 19.7 Å². The van der Waals surface area contributed by atoms with Gasteiger partial charge in [-0.2, -0.15) is 0 Å². The smallest absolute Gasteiger partial charge is 0.163 e. The van der Waals surface area contributed by atoms with Crippen molar-refractivity contribution >= 4 is 51.3 Å². The molecule has 0 spiro atoms. The van der Waals surface area contributed by atoms with E-state index in [-0.39, 0.29) is 29.2 Å².